The van der Waals surface area contributed by atoms with Crippen molar-refractivity contribution in [1.82, 2.24) is 0 Å². The van der Waals surface area contributed by atoms with E-state index in [9.17, 15) is 4.79 Å². The Morgan fingerprint density at radius 3 is 2.83 bits per heavy atom. The fourth-order valence-corrected chi connectivity index (χ4v) is 2.56. The molecular formula is C13H20N2OS2. The molecule has 1 aromatic rings. The first kappa shape index (κ1) is 15.2. The van der Waals surface area contributed by atoms with Crippen molar-refractivity contribution >= 4 is 40.8 Å². The van der Waals surface area contributed by atoms with E-state index in [2.05, 4.69) is 12.2 Å². The maximum absolute atomic E-state index is 11.7. The summed E-state index contributed by atoms with van der Waals surface area (Å²) in [5.41, 5.74) is 7.21. The van der Waals surface area contributed by atoms with Gasteiger partial charge in [0.05, 0.1) is 11.4 Å². The lowest BCUT2D eigenvalue weighted by molar-refractivity contribution is -0.115. The van der Waals surface area contributed by atoms with Crippen molar-refractivity contribution in [1.29, 1.82) is 0 Å². The third kappa shape index (κ3) is 5.23. The molecule has 18 heavy (non-hydrogen) atoms. The number of carbonyl (C=O) groups excluding carboxylic acids is 1. The molecule has 0 aliphatic heterocycles. The third-order valence-electron chi connectivity index (χ3n) is 2.30. The van der Waals surface area contributed by atoms with Crippen molar-refractivity contribution < 1.29 is 4.79 Å². The van der Waals surface area contributed by atoms with Crippen molar-refractivity contribution in [3.05, 3.63) is 18.2 Å². The van der Waals surface area contributed by atoms with E-state index in [0.717, 1.165) is 28.5 Å². The second kappa shape index (κ2) is 8.32. The zero-order valence-corrected chi connectivity index (χ0v) is 12.5. The minimum atomic E-state index is 0.0219. The summed E-state index contributed by atoms with van der Waals surface area (Å²) in [6.45, 7) is 2.15. The van der Waals surface area contributed by atoms with Crippen LogP contribution >= 0.6 is 23.5 Å². The Balaban J connectivity index is 2.65. The third-order valence-corrected chi connectivity index (χ3v) is 4.12. The van der Waals surface area contributed by atoms with E-state index in [1.165, 1.54) is 0 Å². The first-order chi connectivity index (χ1) is 8.67. The van der Waals surface area contributed by atoms with Gasteiger partial charge in [0.1, 0.15) is 0 Å². The van der Waals surface area contributed by atoms with Crippen molar-refractivity contribution in [3.8, 4) is 0 Å². The lowest BCUT2D eigenvalue weighted by atomic mass is 10.2. The van der Waals surface area contributed by atoms with Crippen LogP contribution in [0.25, 0.3) is 0 Å². The number of carbonyl (C=O) groups is 1. The number of hydrogen-bond donors (Lipinski definition) is 2. The number of amides is 1. The highest BCUT2D eigenvalue weighted by Gasteiger charge is 2.06. The van der Waals surface area contributed by atoms with E-state index in [0.29, 0.717) is 12.1 Å². The number of nitrogens with one attached hydrogen (secondary N) is 1. The minimum Gasteiger partial charge on any atom is -0.397 e. The predicted molar refractivity (Wildman–Crippen MR) is 83.5 cm³/mol. The molecule has 0 atom stereocenters. The minimum absolute atomic E-state index is 0.0219. The Bertz CT molecular complexity index is 397. The lowest BCUT2D eigenvalue weighted by Gasteiger charge is -2.10. The van der Waals surface area contributed by atoms with Crippen LogP contribution in [0, 0.1) is 0 Å². The molecule has 0 aliphatic carbocycles. The van der Waals surface area contributed by atoms with E-state index < -0.39 is 0 Å². The van der Waals surface area contributed by atoms with Crippen LogP contribution in [-0.2, 0) is 4.79 Å². The van der Waals surface area contributed by atoms with Crippen LogP contribution in [-0.4, -0.2) is 23.7 Å². The lowest BCUT2D eigenvalue weighted by Crippen LogP contribution is -2.13. The summed E-state index contributed by atoms with van der Waals surface area (Å²) in [4.78, 5) is 12.8. The van der Waals surface area contributed by atoms with Crippen molar-refractivity contribution in [2.45, 2.75) is 24.7 Å². The van der Waals surface area contributed by atoms with E-state index in [-0.39, 0.29) is 5.91 Å². The molecule has 1 rings (SSSR count). The average Bonchev–Trinajstić information content (AvgIpc) is 2.37. The predicted octanol–water partition coefficient (Wildman–Crippen LogP) is 3.46. The van der Waals surface area contributed by atoms with Crippen molar-refractivity contribution in [2.75, 3.05) is 28.8 Å². The molecule has 3 N–H and O–H groups in total. The first-order valence-corrected chi connectivity index (χ1v) is 8.36. The van der Waals surface area contributed by atoms with Gasteiger partial charge in [-0.3, -0.25) is 4.79 Å². The van der Waals surface area contributed by atoms with Crippen LogP contribution in [0.5, 0.6) is 0 Å². The van der Waals surface area contributed by atoms with Crippen LogP contribution < -0.4 is 11.1 Å². The number of rotatable bonds is 7. The zero-order chi connectivity index (χ0) is 13.4. The van der Waals surface area contributed by atoms with Crippen molar-refractivity contribution in [2.24, 2.45) is 0 Å². The maximum Gasteiger partial charge on any atom is 0.225 e. The number of nitrogens with two attached hydrogens (primary N) is 1. The van der Waals surface area contributed by atoms with E-state index in [1.54, 1.807) is 23.5 Å². The van der Waals surface area contributed by atoms with Gasteiger partial charge in [0.15, 0.2) is 0 Å². The van der Waals surface area contributed by atoms with Crippen LogP contribution in [0.3, 0.4) is 0 Å². The normalized spacial score (nSPS) is 10.3. The van der Waals surface area contributed by atoms with Crippen LogP contribution in [0.2, 0.25) is 0 Å². The molecule has 3 nitrogen and oxygen atoms in total. The molecule has 0 aromatic heterocycles. The molecule has 1 amide bonds. The standard InChI is InChI=1S/C13H20N2OS2/c1-3-7-18-10-4-5-11(14)12(9-10)15-13(16)6-8-17-2/h4-5,9H,3,6-8,14H2,1-2H3,(H,15,16). The highest BCUT2D eigenvalue weighted by molar-refractivity contribution is 7.99. The molecule has 0 aliphatic rings. The SMILES string of the molecule is CCCSc1ccc(N)c(NC(=O)CCSC)c1. The molecule has 0 heterocycles. The van der Waals surface area contributed by atoms with E-state index >= 15 is 0 Å². The monoisotopic (exact) mass is 284 g/mol. The summed E-state index contributed by atoms with van der Waals surface area (Å²) < 4.78 is 0. The Hall–Kier alpha value is -0.810. The van der Waals surface area contributed by atoms with Gasteiger partial charge in [-0.2, -0.15) is 11.8 Å². The molecule has 0 saturated carbocycles. The van der Waals surface area contributed by atoms with E-state index in [1.807, 2.05) is 24.5 Å². The summed E-state index contributed by atoms with van der Waals surface area (Å²) >= 11 is 3.44. The second-order valence-electron chi connectivity index (χ2n) is 3.89. The van der Waals surface area contributed by atoms with Gasteiger partial charge in [-0.15, -0.1) is 11.8 Å². The summed E-state index contributed by atoms with van der Waals surface area (Å²) in [5.74, 6) is 1.92. The van der Waals surface area contributed by atoms with Gasteiger partial charge in [0.25, 0.3) is 0 Å². The molecule has 100 valence electrons. The van der Waals surface area contributed by atoms with Gasteiger partial charge < -0.3 is 11.1 Å². The smallest absolute Gasteiger partial charge is 0.225 e. The van der Waals surface area contributed by atoms with Gasteiger partial charge >= 0.3 is 0 Å². The van der Waals surface area contributed by atoms with Gasteiger partial charge in [-0.05, 0) is 36.6 Å². The molecule has 0 fully saturated rings. The Labute approximate surface area is 117 Å². The summed E-state index contributed by atoms with van der Waals surface area (Å²) in [7, 11) is 0. The molecule has 0 saturated heterocycles. The van der Waals surface area contributed by atoms with Crippen LogP contribution in [0.1, 0.15) is 19.8 Å². The fourth-order valence-electron chi connectivity index (χ4n) is 1.36. The number of anilines is 2. The number of hydrogen-bond acceptors (Lipinski definition) is 4. The largest absolute Gasteiger partial charge is 0.397 e. The Morgan fingerprint density at radius 1 is 1.39 bits per heavy atom. The van der Waals surface area contributed by atoms with Gasteiger partial charge in [-0.1, -0.05) is 6.92 Å². The first-order valence-electron chi connectivity index (χ1n) is 5.98. The van der Waals surface area contributed by atoms with Crippen LogP contribution in [0.15, 0.2) is 23.1 Å². The van der Waals surface area contributed by atoms with Gasteiger partial charge in [0.2, 0.25) is 5.91 Å². The molecule has 0 radical (unpaired) electrons. The summed E-state index contributed by atoms with van der Waals surface area (Å²) in [5, 5.41) is 2.87. The molecule has 0 unspecified atom stereocenters. The topological polar surface area (TPSA) is 55.1 Å². The van der Waals surface area contributed by atoms with Gasteiger partial charge in [-0.25, -0.2) is 0 Å². The Kier molecular flexibility index (Phi) is 7.05. The summed E-state index contributed by atoms with van der Waals surface area (Å²) in [6.07, 6.45) is 3.64. The van der Waals surface area contributed by atoms with Crippen LogP contribution in [0.4, 0.5) is 11.4 Å². The van der Waals surface area contributed by atoms with E-state index in [4.69, 9.17) is 5.73 Å². The number of benzene rings is 1. The zero-order valence-electron chi connectivity index (χ0n) is 10.9. The average molecular weight is 284 g/mol. The fraction of sp³-hybridized carbons (Fsp3) is 0.462. The molecule has 0 spiro atoms. The summed E-state index contributed by atoms with van der Waals surface area (Å²) in [6, 6.07) is 5.79. The molecule has 1 aromatic carbocycles. The maximum atomic E-state index is 11.7. The Morgan fingerprint density at radius 2 is 2.17 bits per heavy atom. The molecular weight excluding hydrogens is 264 g/mol. The van der Waals surface area contributed by atoms with Gasteiger partial charge in [0, 0.05) is 17.1 Å². The van der Waals surface area contributed by atoms with Crippen molar-refractivity contribution in [3.63, 3.8) is 0 Å². The highest BCUT2D eigenvalue weighted by atomic mass is 32.2. The molecule has 0 bridgehead atoms. The number of nitrogen functional groups attached to an aromatic ring is 1. The number of thioether (sulfide) groups is 2. The second-order valence-corrected chi connectivity index (χ2v) is 6.04. The quantitative estimate of drug-likeness (QED) is 0.594. The highest BCUT2D eigenvalue weighted by Crippen LogP contribution is 2.27. The molecule has 5 heteroatoms.